The standard InChI is InChI=1S/C16H19N3O2/c1-11-12(2)19(9-8-17-11)16(20)14-10-21-15(18-14)13-6-4-3-5-7-13/h3-7,10-12,17H,8-9H2,1-2H3. The van der Waals surface area contributed by atoms with Crippen molar-refractivity contribution in [1.82, 2.24) is 15.2 Å². The Hall–Kier alpha value is -2.14. The first-order valence-electron chi connectivity index (χ1n) is 7.22. The molecular weight excluding hydrogens is 266 g/mol. The van der Waals surface area contributed by atoms with E-state index in [1.165, 1.54) is 6.26 Å². The number of benzene rings is 1. The van der Waals surface area contributed by atoms with E-state index < -0.39 is 0 Å². The van der Waals surface area contributed by atoms with E-state index in [-0.39, 0.29) is 18.0 Å². The second kappa shape index (κ2) is 5.69. The number of carbonyl (C=O) groups excluding carboxylic acids is 1. The molecule has 110 valence electrons. The summed E-state index contributed by atoms with van der Waals surface area (Å²) in [5.41, 5.74) is 1.24. The van der Waals surface area contributed by atoms with Gasteiger partial charge in [-0.2, -0.15) is 0 Å². The monoisotopic (exact) mass is 285 g/mol. The van der Waals surface area contributed by atoms with Crippen LogP contribution in [0.2, 0.25) is 0 Å². The van der Waals surface area contributed by atoms with Gasteiger partial charge in [0.15, 0.2) is 5.69 Å². The fraction of sp³-hybridized carbons (Fsp3) is 0.375. The minimum atomic E-state index is -0.0678. The number of nitrogens with zero attached hydrogens (tertiary/aromatic N) is 2. The topological polar surface area (TPSA) is 58.4 Å². The highest BCUT2D eigenvalue weighted by molar-refractivity contribution is 5.92. The van der Waals surface area contributed by atoms with E-state index in [0.29, 0.717) is 18.1 Å². The lowest BCUT2D eigenvalue weighted by molar-refractivity contribution is 0.0597. The quantitative estimate of drug-likeness (QED) is 0.918. The second-order valence-corrected chi connectivity index (χ2v) is 5.39. The van der Waals surface area contributed by atoms with Gasteiger partial charge in [0.05, 0.1) is 0 Å². The first-order valence-corrected chi connectivity index (χ1v) is 7.22. The zero-order chi connectivity index (χ0) is 14.8. The number of oxazole rings is 1. The number of rotatable bonds is 2. The summed E-state index contributed by atoms with van der Waals surface area (Å²) in [6.45, 7) is 5.63. The summed E-state index contributed by atoms with van der Waals surface area (Å²) in [7, 11) is 0. The zero-order valence-electron chi connectivity index (χ0n) is 12.2. The third kappa shape index (κ3) is 2.69. The highest BCUT2D eigenvalue weighted by atomic mass is 16.3. The number of aromatic nitrogens is 1. The van der Waals surface area contributed by atoms with Crippen LogP contribution in [0.1, 0.15) is 24.3 Å². The number of nitrogens with one attached hydrogen (secondary N) is 1. The van der Waals surface area contributed by atoms with Gasteiger partial charge >= 0.3 is 0 Å². The molecule has 2 unspecified atom stereocenters. The second-order valence-electron chi connectivity index (χ2n) is 5.39. The predicted octanol–water partition coefficient (Wildman–Crippen LogP) is 2.16. The van der Waals surface area contributed by atoms with Crippen LogP contribution >= 0.6 is 0 Å². The molecule has 3 rings (SSSR count). The van der Waals surface area contributed by atoms with E-state index in [0.717, 1.165) is 12.1 Å². The van der Waals surface area contributed by atoms with Crippen molar-refractivity contribution in [1.29, 1.82) is 0 Å². The molecule has 2 atom stereocenters. The average molecular weight is 285 g/mol. The van der Waals surface area contributed by atoms with Gasteiger partial charge in [0.2, 0.25) is 5.89 Å². The SMILES string of the molecule is CC1NCCN(C(=O)c2coc(-c3ccccc3)n2)C1C. The van der Waals surface area contributed by atoms with Crippen LogP contribution in [0.5, 0.6) is 0 Å². The van der Waals surface area contributed by atoms with Gasteiger partial charge in [-0.15, -0.1) is 0 Å². The summed E-state index contributed by atoms with van der Waals surface area (Å²) >= 11 is 0. The van der Waals surface area contributed by atoms with E-state index in [4.69, 9.17) is 4.42 Å². The third-order valence-electron chi connectivity index (χ3n) is 4.04. The zero-order valence-corrected chi connectivity index (χ0v) is 12.2. The van der Waals surface area contributed by atoms with Gasteiger partial charge in [-0.1, -0.05) is 18.2 Å². The Labute approximate surface area is 124 Å². The van der Waals surface area contributed by atoms with Gasteiger partial charge in [0, 0.05) is 30.7 Å². The maximum Gasteiger partial charge on any atom is 0.276 e. The number of piperazine rings is 1. The lowest BCUT2D eigenvalue weighted by Crippen LogP contribution is -2.57. The van der Waals surface area contributed by atoms with Crippen molar-refractivity contribution in [3.05, 3.63) is 42.3 Å². The van der Waals surface area contributed by atoms with Gasteiger partial charge in [0.1, 0.15) is 6.26 Å². The van der Waals surface area contributed by atoms with Gasteiger partial charge < -0.3 is 14.6 Å². The maximum atomic E-state index is 12.6. The van der Waals surface area contributed by atoms with Crippen molar-refractivity contribution in [3.8, 4) is 11.5 Å². The van der Waals surface area contributed by atoms with Crippen molar-refractivity contribution >= 4 is 5.91 Å². The van der Waals surface area contributed by atoms with Crippen molar-refractivity contribution in [2.45, 2.75) is 25.9 Å². The summed E-state index contributed by atoms with van der Waals surface area (Å²) in [6.07, 6.45) is 1.45. The normalized spacial score (nSPS) is 22.3. The number of hydrogen-bond donors (Lipinski definition) is 1. The van der Waals surface area contributed by atoms with Crippen molar-refractivity contribution in [2.75, 3.05) is 13.1 Å². The van der Waals surface area contributed by atoms with E-state index in [2.05, 4.69) is 17.2 Å². The van der Waals surface area contributed by atoms with E-state index in [9.17, 15) is 4.79 Å². The van der Waals surface area contributed by atoms with Crippen molar-refractivity contribution < 1.29 is 9.21 Å². The smallest absolute Gasteiger partial charge is 0.276 e. The van der Waals surface area contributed by atoms with Gasteiger partial charge in [0.25, 0.3) is 5.91 Å². The molecule has 1 saturated heterocycles. The van der Waals surface area contributed by atoms with Gasteiger partial charge in [-0.3, -0.25) is 4.79 Å². The molecule has 2 aromatic rings. The van der Waals surface area contributed by atoms with Crippen LogP contribution in [0.25, 0.3) is 11.5 Å². The Morgan fingerprint density at radius 2 is 2.10 bits per heavy atom. The molecular formula is C16H19N3O2. The number of amides is 1. The Bertz CT molecular complexity index is 623. The molecule has 1 aromatic heterocycles. The Balaban J connectivity index is 1.81. The van der Waals surface area contributed by atoms with E-state index in [1.54, 1.807) is 0 Å². The molecule has 1 aromatic carbocycles. The van der Waals surface area contributed by atoms with Crippen LogP contribution in [-0.2, 0) is 0 Å². The highest BCUT2D eigenvalue weighted by Crippen LogP contribution is 2.20. The van der Waals surface area contributed by atoms with E-state index >= 15 is 0 Å². The minimum absolute atomic E-state index is 0.0678. The molecule has 1 fully saturated rings. The van der Waals surface area contributed by atoms with Crippen molar-refractivity contribution in [3.63, 3.8) is 0 Å². The molecule has 0 bridgehead atoms. The van der Waals surface area contributed by atoms with Crippen LogP contribution < -0.4 is 5.32 Å². The van der Waals surface area contributed by atoms with Crippen LogP contribution in [0.4, 0.5) is 0 Å². The molecule has 1 amide bonds. The Kier molecular flexibility index (Phi) is 3.75. The average Bonchev–Trinajstić information content (AvgIpc) is 3.00. The number of carbonyl (C=O) groups is 1. The predicted molar refractivity (Wildman–Crippen MR) is 79.9 cm³/mol. The Morgan fingerprint density at radius 3 is 2.86 bits per heavy atom. The molecule has 1 aliphatic rings. The molecule has 1 N–H and O–H groups in total. The largest absolute Gasteiger partial charge is 0.444 e. The molecule has 21 heavy (non-hydrogen) atoms. The summed E-state index contributed by atoms with van der Waals surface area (Å²) in [5.74, 6) is 0.413. The van der Waals surface area contributed by atoms with Crippen LogP contribution in [0.3, 0.4) is 0 Å². The fourth-order valence-electron chi connectivity index (χ4n) is 2.58. The first-order chi connectivity index (χ1) is 10.2. The fourth-order valence-corrected chi connectivity index (χ4v) is 2.58. The molecule has 5 nitrogen and oxygen atoms in total. The summed E-state index contributed by atoms with van der Waals surface area (Å²) in [5, 5.41) is 3.36. The van der Waals surface area contributed by atoms with Crippen LogP contribution in [0, 0.1) is 0 Å². The maximum absolute atomic E-state index is 12.6. The van der Waals surface area contributed by atoms with Gasteiger partial charge in [-0.05, 0) is 26.0 Å². The molecule has 0 radical (unpaired) electrons. The minimum Gasteiger partial charge on any atom is -0.444 e. The molecule has 2 heterocycles. The Morgan fingerprint density at radius 1 is 1.33 bits per heavy atom. The molecule has 1 aliphatic heterocycles. The van der Waals surface area contributed by atoms with Crippen molar-refractivity contribution in [2.24, 2.45) is 0 Å². The summed E-state index contributed by atoms with van der Waals surface area (Å²) in [4.78, 5) is 18.8. The molecule has 0 spiro atoms. The summed E-state index contributed by atoms with van der Waals surface area (Å²) < 4.78 is 5.45. The lowest BCUT2D eigenvalue weighted by atomic mass is 10.1. The van der Waals surface area contributed by atoms with Gasteiger partial charge in [-0.25, -0.2) is 4.98 Å². The van der Waals surface area contributed by atoms with E-state index in [1.807, 2.05) is 42.2 Å². The van der Waals surface area contributed by atoms with Crippen LogP contribution in [-0.4, -0.2) is 41.0 Å². The lowest BCUT2D eigenvalue weighted by Gasteiger charge is -2.38. The number of hydrogen-bond acceptors (Lipinski definition) is 4. The first kappa shape index (κ1) is 13.8. The summed E-state index contributed by atoms with van der Waals surface area (Å²) in [6, 6.07) is 10.0. The molecule has 0 saturated carbocycles. The van der Waals surface area contributed by atoms with Crippen LogP contribution in [0.15, 0.2) is 41.0 Å². The highest BCUT2D eigenvalue weighted by Gasteiger charge is 2.30. The third-order valence-corrected chi connectivity index (χ3v) is 4.04. The molecule has 0 aliphatic carbocycles. The molecule has 5 heteroatoms.